The second-order valence-corrected chi connectivity index (χ2v) is 9.14. The number of rotatable bonds is 4. The number of nitrogens with zero attached hydrogens (tertiary/aromatic N) is 2. The molecule has 0 spiro atoms. The monoisotopic (exact) mass is 347 g/mol. The molecule has 0 saturated carbocycles. The number of nitrogens with two attached hydrogens (primary N) is 1. The molecular formula is C20H33N3O2. The van der Waals surface area contributed by atoms with Crippen molar-refractivity contribution in [3.63, 3.8) is 0 Å². The van der Waals surface area contributed by atoms with Crippen molar-refractivity contribution in [1.29, 1.82) is 0 Å². The lowest BCUT2D eigenvalue weighted by molar-refractivity contribution is 0.0130. The largest absolute Gasteiger partial charge is 0.444 e. The summed E-state index contributed by atoms with van der Waals surface area (Å²) in [5.74, 6) is 0.425. The van der Waals surface area contributed by atoms with Gasteiger partial charge in [0.25, 0.3) is 0 Å². The topological polar surface area (TPSA) is 68.5 Å². The Hall–Kier alpha value is -1.62. The second kappa shape index (κ2) is 6.94. The van der Waals surface area contributed by atoms with E-state index < -0.39 is 11.1 Å². The number of likely N-dealkylation sites (tertiary alicyclic amines) is 1. The molecule has 1 saturated heterocycles. The Balaban J connectivity index is 1.97. The van der Waals surface area contributed by atoms with E-state index in [1.807, 2.05) is 50.8 Å². The third-order valence-corrected chi connectivity index (χ3v) is 4.90. The Labute approximate surface area is 151 Å². The van der Waals surface area contributed by atoms with Crippen LogP contribution in [0.25, 0.3) is 0 Å². The van der Waals surface area contributed by atoms with Gasteiger partial charge in [-0.25, -0.2) is 4.79 Å². The minimum atomic E-state index is -0.472. The first-order chi connectivity index (χ1) is 11.4. The SMILES string of the molecule is CC(C)(C)OC(=O)N1CC(CCC(C)(N)c2ccccn2)CC1(C)C. The third kappa shape index (κ3) is 5.18. The van der Waals surface area contributed by atoms with E-state index in [2.05, 4.69) is 18.8 Å². The number of amides is 1. The molecule has 2 rings (SSSR count). The highest BCUT2D eigenvalue weighted by molar-refractivity contribution is 5.69. The Bertz CT molecular complexity index is 591. The van der Waals surface area contributed by atoms with Crippen molar-refractivity contribution in [2.75, 3.05) is 6.54 Å². The molecule has 2 atom stereocenters. The van der Waals surface area contributed by atoms with E-state index >= 15 is 0 Å². The molecule has 2 N–H and O–H groups in total. The van der Waals surface area contributed by atoms with Crippen LogP contribution in [0.1, 0.15) is 66.5 Å². The molecule has 5 heteroatoms. The fraction of sp³-hybridized carbons (Fsp3) is 0.700. The van der Waals surface area contributed by atoms with Gasteiger partial charge in [0.2, 0.25) is 0 Å². The smallest absolute Gasteiger partial charge is 0.410 e. The lowest BCUT2D eigenvalue weighted by Crippen LogP contribution is -2.45. The molecule has 0 aliphatic carbocycles. The van der Waals surface area contributed by atoms with Crippen molar-refractivity contribution in [2.24, 2.45) is 11.7 Å². The fourth-order valence-corrected chi connectivity index (χ4v) is 3.55. The summed E-state index contributed by atoms with van der Waals surface area (Å²) in [4.78, 5) is 18.8. The van der Waals surface area contributed by atoms with Crippen LogP contribution in [0.2, 0.25) is 0 Å². The zero-order valence-electron chi connectivity index (χ0n) is 16.5. The van der Waals surface area contributed by atoms with Crippen molar-refractivity contribution in [3.05, 3.63) is 30.1 Å². The second-order valence-electron chi connectivity index (χ2n) is 9.14. The van der Waals surface area contributed by atoms with E-state index in [4.69, 9.17) is 10.5 Å². The number of carbonyl (C=O) groups is 1. The van der Waals surface area contributed by atoms with Gasteiger partial charge in [0, 0.05) is 18.3 Å². The number of hydrogen-bond donors (Lipinski definition) is 1. The van der Waals surface area contributed by atoms with Crippen LogP contribution < -0.4 is 5.73 Å². The van der Waals surface area contributed by atoms with Gasteiger partial charge in [0.05, 0.1) is 11.2 Å². The number of carbonyl (C=O) groups excluding carboxylic acids is 1. The van der Waals surface area contributed by atoms with Crippen LogP contribution >= 0.6 is 0 Å². The van der Waals surface area contributed by atoms with Gasteiger partial charge >= 0.3 is 6.09 Å². The molecule has 1 fully saturated rings. The molecule has 1 aliphatic heterocycles. The summed E-state index contributed by atoms with van der Waals surface area (Å²) in [6, 6.07) is 5.85. The highest BCUT2D eigenvalue weighted by Crippen LogP contribution is 2.37. The zero-order chi connectivity index (χ0) is 18.9. The molecule has 140 valence electrons. The van der Waals surface area contributed by atoms with Gasteiger partial charge in [-0.1, -0.05) is 6.07 Å². The van der Waals surface area contributed by atoms with Crippen LogP contribution in [-0.4, -0.2) is 33.7 Å². The van der Waals surface area contributed by atoms with Crippen molar-refractivity contribution in [1.82, 2.24) is 9.88 Å². The summed E-state index contributed by atoms with van der Waals surface area (Å²) in [5.41, 5.74) is 6.29. The standard InChI is InChI=1S/C20H33N3O2/c1-18(2,3)25-17(24)23-14-15(13-19(23,4)5)10-11-20(6,21)16-9-7-8-12-22-16/h7-9,12,15H,10-11,13-14,21H2,1-6H3. The maximum atomic E-state index is 12.5. The van der Waals surface area contributed by atoms with Gasteiger partial charge in [0.15, 0.2) is 0 Å². The van der Waals surface area contributed by atoms with Gasteiger partial charge in [-0.2, -0.15) is 0 Å². The van der Waals surface area contributed by atoms with Crippen LogP contribution in [0.4, 0.5) is 4.79 Å². The van der Waals surface area contributed by atoms with Crippen molar-refractivity contribution in [2.45, 2.75) is 77.5 Å². The maximum absolute atomic E-state index is 12.5. The van der Waals surface area contributed by atoms with Gasteiger partial charge in [-0.15, -0.1) is 0 Å². The fourth-order valence-electron chi connectivity index (χ4n) is 3.55. The first-order valence-electron chi connectivity index (χ1n) is 9.12. The summed E-state index contributed by atoms with van der Waals surface area (Å²) in [6.45, 7) is 12.7. The highest BCUT2D eigenvalue weighted by Gasteiger charge is 2.43. The van der Waals surface area contributed by atoms with E-state index in [1.54, 1.807) is 6.20 Å². The maximum Gasteiger partial charge on any atom is 0.410 e. The molecule has 0 aromatic carbocycles. The molecular weight excluding hydrogens is 314 g/mol. The number of hydrogen-bond acceptors (Lipinski definition) is 4. The molecule has 0 radical (unpaired) electrons. The predicted molar refractivity (Wildman–Crippen MR) is 100 cm³/mol. The molecule has 1 aliphatic rings. The zero-order valence-corrected chi connectivity index (χ0v) is 16.5. The Morgan fingerprint density at radius 3 is 2.60 bits per heavy atom. The number of pyridine rings is 1. The molecule has 1 amide bonds. The number of aromatic nitrogens is 1. The lowest BCUT2D eigenvalue weighted by atomic mass is 9.86. The average molecular weight is 348 g/mol. The molecule has 2 unspecified atom stereocenters. The molecule has 1 aromatic rings. The van der Waals surface area contributed by atoms with Crippen LogP contribution in [0, 0.1) is 5.92 Å². The van der Waals surface area contributed by atoms with Crippen LogP contribution in [-0.2, 0) is 10.3 Å². The first-order valence-corrected chi connectivity index (χ1v) is 9.12. The minimum absolute atomic E-state index is 0.191. The quantitative estimate of drug-likeness (QED) is 0.891. The molecule has 25 heavy (non-hydrogen) atoms. The Morgan fingerprint density at radius 2 is 2.04 bits per heavy atom. The van der Waals surface area contributed by atoms with Crippen LogP contribution in [0.3, 0.4) is 0 Å². The van der Waals surface area contributed by atoms with E-state index in [0.717, 1.165) is 31.5 Å². The normalized spacial score (nSPS) is 22.5. The van der Waals surface area contributed by atoms with Gasteiger partial charge in [-0.3, -0.25) is 4.98 Å². The summed E-state index contributed by atoms with van der Waals surface area (Å²) < 4.78 is 5.57. The Morgan fingerprint density at radius 1 is 1.36 bits per heavy atom. The third-order valence-electron chi connectivity index (χ3n) is 4.90. The van der Waals surface area contributed by atoms with Crippen LogP contribution in [0.15, 0.2) is 24.4 Å². The van der Waals surface area contributed by atoms with E-state index in [9.17, 15) is 4.79 Å². The van der Waals surface area contributed by atoms with Crippen molar-refractivity contribution in [3.8, 4) is 0 Å². The minimum Gasteiger partial charge on any atom is -0.444 e. The first kappa shape index (κ1) is 19.7. The molecule has 2 heterocycles. The lowest BCUT2D eigenvalue weighted by Gasteiger charge is -2.33. The predicted octanol–water partition coefficient (Wildman–Crippen LogP) is 4.07. The van der Waals surface area contributed by atoms with E-state index in [0.29, 0.717) is 5.92 Å². The van der Waals surface area contributed by atoms with Gasteiger partial charge in [-0.05, 0) is 78.9 Å². The van der Waals surface area contributed by atoms with Gasteiger partial charge in [0.1, 0.15) is 5.60 Å². The van der Waals surface area contributed by atoms with E-state index in [-0.39, 0.29) is 11.6 Å². The highest BCUT2D eigenvalue weighted by atomic mass is 16.6. The molecule has 0 bridgehead atoms. The summed E-state index contributed by atoms with van der Waals surface area (Å²) >= 11 is 0. The summed E-state index contributed by atoms with van der Waals surface area (Å²) in [7, 11) is 0. The van der Waals surface area contributed by atoms with Crippen LogP contribution in [0.5, 0.6) is 0 Å². The summed E-state index contributed by atoms with van der Waals surface area (Å²) in [6.07, 6.45) is 4.33. The van der Waals surface area contributed by atoms with E-state index in [1.165, 1.54) is 0 Å². The average Bonchev–Trinajstić information content (AvgIpc) is 2.79. The molecule has 1 aromatic heterocycles. The van der Waals surface area contributed by atoms with Gasteiger partial charge < -0.3 is 15.4 Å². The summed E-state index contributed by atoms with van der Waals surface area (Å²) in [5, 5.41) is 0. The van der Waals surface area contributed by atoms with Crippen molar-refractivity contribution < 1.29 is 9.53 Å². The number of ether oxygens (including phenoxy) is 1. The Kier molecular flexibility index (Phi) is 5.47. The molecule has 5 nitrogen and oxygen atoms in total. The van der Waals surface area contributed by atoms with Crippen molar-refractivity contribution >= 4 is 6.09 Å².